The van der Waals surface area contributed by atoms with Crippen LogP contribution in [0.4, 0.5) is 0 Å². The second kappa shape index (κ2) is 7.31. The smallest absolute Gasteiger partial charge is 0.119 e. The number of ether oxygens (including phenoxy) is 1. The van der Waals surface area contributed by atoms with E-state index >= 15 is 0 Å². The first kappa shape index (κ1) is 14.1. The molecule has 1 aromatic heterocycles. The third-order valence-corrected chi connectivity index (χ3v) is 3.09. The summed E-state index contributed by atoms with van der Waals surface area (Å²) in [4.78, 5) is 2.22. The van der Waals surface area contributed by atoms with Gasteiger partial charge in [-0.15, -0.1) is 0 Å². The summed E-state index contributed by atoms with van der Waals surface area (Å²) < 4.78 is 8.57. The number of aromatic nitrogens is 2. The first-order valence-electron chi connectivity index (χ1n) is 6.28. The molecule has 102 valence electrons. The van der Waals surface area contributed by atoms with Crippen molar-refractivity contribution in [3.8, 4) is 5.75 Å². The molecule has 0 atom stereocenters. The molecule has 0 aliphatic rings. The van der Waals surface area contributed by atoms with Gasteiger partial charge in [-0.2, -0.15) is 5.10 Å². The van der Waals surface area contributed by atoms with Gasteiger partial charge in [-0.1, -0.05) is 18.2 Å². The number of nitrogens with zero attached hydrogens (tertiary/aromatic N) is 3. The van der Waals surface area contributed by atoms with Crippen molar-refractivity contribution in [3.63, 3.8) is 0 Å². The van der Waals surface area contributed by atoms with Crippen LogP contribution >= 0.6 is 15.9 Å². The van der Waals surface area contributed by atoms with E-state index in [9.17, 15) is 0 Å². The van der Waals surface area contributed by atoms with E-state index < -0.39 is 0 Å². The standard InChI is InChI=1S/C14H18BrN3O/c1-17(12-18-11-13(15)10-16-18)8-5-9-19-14-6-3-2-4-7-14/h2-4,6-7,10-11H,5,8-9,12H2,1H3. The van der Waals surface area contributed by atoms with Crippen molar-refractivity contribution in [1.82, 2.24) is 14.7 Å². The van der Waals surface area contributed by atoms with Gasteiger partial charge >= 0.3 is 0 Å². The molecule has 2 rings (SSSR count). The first-order chi connectivity index (χ1) is 9.24. The Morgan fingerprint density at radius 1 is 1.32 bits per heavy atom. The largest absolute Gasteiger partial charge is 0.494 e. The molecular formula is C14H18BrN3O. The molecule has 0 aliphatic heterocycles. The zero-order chi connectivity index (χ0) is 13.5. The fourth-order valence-corrected chi connectivity index (χ4v) is 2.10. The van der Waals surface area contributed by atoms with E-state index in [0.29, 0.717) is 0 Å². The van der Waals surface area contributed by atoms with E-state index in [2.05, 4.69) is 33.0 Å². The van der Waals surface area contributed by atoms with Crippen molar-refractivity contribution in [2.75, 3.05) is 20.2 Å². The van der Waals surface area contributed by atoms with Gasteiger partial charge in [0.15, 0.2) is 0 Å². The second-order valence-corrected chi connectivity index (χ2v) is 5.35. The molecule has 0 spiro atoms. The van der Waals surface area contributed by atoms with E-state index in [4.69, 9.17) is 4.74 Å². The molecule has 1 aromatic carbocycles. The molecule has 0 saturated heterocycles. The number of halogens is 1. The maximum Gasteiger partial charge on any atom is 0.119 e. The lowest BCUT2D eigenvalue weighted by Gasteiger charge is -2.16. The topological polar surface area (TPSA) is 30.3 Å². The monoisotopic (exact) mass is 323 g/mol. The highest BCUT2D eigenvalue weighted by atomic mass is 79.9. The highest BCUT2D eigenvalue weighted by Crippen LogP contribution is 2.09. The van der Waals surface area contributed by atoms with Crippen molar-refractivity contribution >= 4 is 15.9 Å². The first-order valence-corrected chi connectivity index (χ1v) is 7.08. The molecule has 0 aliphatic carbocycles. The van der Waals surface area contributed by atoms with Crippen LogP contribution in [0, 0.1) is 0 Å². The van der Waals surface area contributed by atoms with Crippen LogP contribution in [-0.2, 0) is 6.67 Å². The maximum absolute atomic E-state index is 5.65. The van der Waals surface area contributed by atoms with E-state index in [1.807, 2.05) is 41.2 Å². The minimum Gasteiger partial charge on any atom is -0.494 e. The third kappa shape index (κ3) is 5.04. The summed E-state index contributed by atoms with van der Waals surface area (Å²) in [6, 6.07) is 9.91. The molecule has 0 unspecified atom stereocenters. The number of rotatable bonds is 7. The highest BCUT2D eigenvalue weighted by molar-refractivity contribution is 9.10. The van der Waals surface area contributed by atoms with Crippen LogP contribution < -0.4 is 4.74 Å². The lowest BCUT2D eigenvalue weighted by Crippen LogP contribution is -2.24. The Hall–Kier alpha value is -1.33. The molecule has 0 fully saturated rings. The molecule has 1 heterocycles. The summed E-state index contributed by atoms with van der Waals surface area (Å²) in [6.07, 6.45) is 4.76. The Balaban J connectivity index is 1.63. The molecule has 2 aromatic rings. The van der Waals surface area contributed by atoms with E-state index in [0.717, 1.165) is 36.5 Å². The van der Waals surface area contributed by atoms with Crippen LogP contribution in [0.2, 0.25) is 0 Å². The summed E-state index contributed by atoms with van der Waals surface area (Å²) in [5.74, 6) is 0.932. The van der Waals surface area contributed by atoms with E-state index in [1.54, 1.807) is 6.20 Å². The lowest BCUT2D eigenvalue weighted by molar-refractivity contribution is 0.222. The van der Waals surface area contributed by atoms with Gasteiger partial charge in [0.05, 0.1) is 23.9 Å². The van der Waals surface area contributed by atoms with Gasteiger partial charge in [0.25, 0.3) is 0 Å². The third-order valence-electron chi connectivity index (χ3n) is 2.68. The molecule has 4 nitrogen and oxygen atoms in total. The fourth-order valence-electron chi connectivity index (χ4n) is 1.77. The van der Waals surface area contributed by atoms with Crippen LogP contribution in [0.3, 0.4) is 0 Å². The fraction of sp³-hybridized carbons (Fsp3) is 0.357. The van der Waals surface area contributed by atoms with Gasteiger partial charge in [0.2, 0.25) is 0 Å². The molecule has 0 saturated carbocycles. The number of hydrogen-bond acceptors (Lipinski definition) is 3. The van der Waals surface area contributed by atoms with Crippen LogP contribution in [0.25, 0.3) is 0 Å². The molecule has 0 amide bonds. The SMILES string of the molecule is CN(CCCOc1ccccc1)Cn1cc(Br)cn1. The van der Waals surface area contributed by atoms with E-state index in [1.165, 1.54) is 0 Å². The molecule has 5 heteroatoms. The van der Waals surface area contributed by atoms with Crippen LogP contribution in [0.15, 0.2) is 47.2 Å². The summed E-state index contributed by atoms with van der Waals surface area (Å²) in [6.45, 7) is 2.50. The van der Waals surface area contributed by atoms with Gasteiger partial charge in [-0.3, -0.25) is 9.58 Å². The zero-order valence-corrected chi connectivity index (χ0v) is 12.6. The molecule has 0 bridgehead atoms. The minimum absolute atomic E-state index is 0.733. The van der Waals surface area contributed by atoms with Gasteiger partial charge in [0, 0.05) is 12.7 Å². The molecule has 0 N–H and O–H groups in total. The average Bonchev–Trinajstić information content (AvgIpc) is 2.81. The maximum atomic E-state index is 5.65. The summed E-state index contributed by atoms with van der Waals surface area (Å²) in [5.41, 5.74) is 0. The predicted octanol–water partition coefficient (Wildman–Crippen LogP) is 3.00. The van der Waals surface area contributed by atoms with Crippen LogP contribution in [0.1, 0.15) is 6.42 Å². The van der Waals surface area contributed by atoms with Gasteiger partial charge < -0.3 is 4.74 Å². The Kier molecular flexibility index (Phi) is 5.42. The summed E-state index contributed by atoms with van der Waals surface area (Å²) >= 11 is 3.39. The van der Waals surface area contributed by atoms with Crippen molar-refractivity contribution in [2.24, 2.45) is 0 Å². The predicted molar refractivity (Wildman–Crippen MR) is 79.1 cm³/mol. The van der Waals surface area contributed by atoms with Crippen LogP contribution in [-0.4, -0.2) is 34.9 Å². The minimum atomic E-state index is 0.733. The van der Waals surface area contributed by atoms with Crippen molar-refractivity contribution in [3.05, 3.63) is 47.2 Å². The van der Waals surface area contributed by atoms with Crippen molar-refractivity contribution < 1.29 is 4.74 Å². The second-order valence-electron chi connectivity index (χ2n) is 4.43. The van der Waals surface area contributed by atoms with Crippen LogP contribution in [0.5, 0.6) is 5.75 Å². The van der Waals surface area contributed by atoms with Gasteiger partial charge in [0.1, 0.15) is 5.75 Å². The zero-order valence-electron chi connectivity index (χ0n) is 11.0. The number of hydrogen-bond donors (Lipinski definition) is 0. The quantitative estimate of drug-likeness (QED) is 0.734. The average molecular weight is 324 g/mol. The molecular weight excluding hydrogens is 306 g/mol. The van der Waals surface area contributed by atoms with Crippen molar-refractivity contribution in [2.45, 2.75) is 13.1 Å². The number of para-hydroxylation sites is 1. The van der Waals surface area contributed by atoms with E-state index in [-0.39, 0.29) is 0 Å². The lowest BCUT2D eigenvalue weighted by atomic mass is 10.3. The molecule has 19 heavy (non-hydrogen) atoms. The Morgan fingerprint density at radius 2 is 2.11 bits per heavy atom. The highest BCUT2D eigenvalue weighted by Gasteiger charge is 2.01. The normalized spacial score (nSPS) is 10.9. The van der Waals surface area contributed by atoms with Gasteiger partial charge in [-0.05, 0) is 41.5 Å². The Morgan fingerprint density at radius 3 is 2.79 bits per heavy atom. The van der Waals surface area contributed by atoms with Gasteiger partial charge in [-0.25, -0.2) is 0 Å². The summed E-state index contributed by atoms with van der Waals surface area (Å²) in [5, 5.41) is 4.23. The van der Waals surface area contributed by atoms with Crippen molar-refractivity contribution in [1.29, 1.82) is 0 Å². The number of benzene rings is 1. The Labute approximate surface area is 122 Å². The summed E-state index contributed by atoms with van der Waals surface area (Å²) in [7, 11) is 2.08. The Bertz CT molecular complexity index is 486. The molecule has 0 radical (unpaired) electrons.